The van der Waals surface area contributed by atoms with E-state index in [4.69, 9.17) is 23.7 Å². The van der Waals surface area contributed by atoms with Crippen LogP contribution < -0.4 is 29.0 Å². The van der Waals surface area contributed by atoms with Crippen molar-refractivity contribution < 1.29 is 28.5 Å². The van der Waals surface area contributed by atoms with Gasteiger partial charge < -0.3 is 29.0 Å². The number of nitrogens with one attached hydrogen (secondary N) is 1. The molecule has 0 saturated heterocycles. The largest absolute Gasteiger partial charge is 0.497 e. The van der Waals surface area contributed by atoms with Crippen molar-refractivity contribution in [3.05, 3.63) is 42.1 Å². The molecule has 0 saturated carbocycles. The molecule has 3 rings (SSSR count). The molecule has 0 bridgehead atoms. The Kier molecular flexibility index (Phi) is 6.46. The highest BCUT2D eigenvalue weighted by Crippen LogP contribution is 2.40. The summed E-state index contributed by atoms with van der Waals surface area (Å²) in [6.45, 7) is 1.68. The molecule has 0 radical (unpaired) electrons. The number of fused-ring (bicyclic) bond motifs is 1. The summed E-state index contributed by atoms with van der Waals surface area (Å²) >= 11 is 0. The number of carbonyl (C=O) groups excluding carboxylic acids is 1. The molecule has 0 atom stereocenters. The molecule has 158 valence electrons. The number of amides is 1. The standard InChI is InChI=1S/C22H24N2O6/c1-13-8-18(16-11-15(26-2)6-7-17(16)23-13)30-12-21(25)24-14-9-19(27-3)22(29-5)20(10-14)28-4/h6-11H,12H2,1-5H3,(H,24,25). The minimum Gasteiger partial charge on any atom is -0.497 e. The Morgan fingerprint density at radius 3 is 2.20 bits per heavy atom. The van der Waals surface area contributed by atoms with Gasteiger partial charge >= 0.3 is 0 Å². The number of ether oxygens (including phenoxy) is 5. The van der Waals surface area contributed by atoms with Crippen molar-refractivity contribution in [2.75, 3.05) is 40.4 Å². The van der Waals surface area contributed by atoms with Gasteiger partial charge in [0.05, 0.1) is 34.0 Å². The molecule has 2 aromatic carbocycles. The van der Waals surface area contributed by atoms with Crippen molar-refractivity contribution in [2.24, 2.45) is 0 Å². The molecule has 0 aliphatic carbocycles. The van der Waals surface area contributed by atoms with E-state index in [0.717, 1.165) is 16.6 Å². The van der Waals surface area contributed by atoms with Gasteiger partial charge in [-0.1, -0.05) is 0 Å². The fourth-order valence-corrected chi connectivity index (χ4v) is 3.04. The molecule has 0 fully saturated rings. The van der Waals surface area contributed by atoms with E-state index in [1.165, 1.54) is 21.3 Å². The van der Waals surface area contributed by atoms with Crippen LogP contribution in [0.4, 0.5) is 5.69 Å². The van der Waals surface area contributed by atoms with Crippen LogP contribution in [0.3, 0.4) is 0 Å². The van der Waals surface area contributed by atoms with Gasteiger partial charge in [-0.3, -0.25) is 9.78 Å². The molecular weight excluding hydrogens is 388 g/mol. The van der Waals surface area contributed by atoms with Crippen molar-refractivity contribution in [1.29, 1.82) is 0 Å². The van der Waals surface area contributed by atoms with E-state index in [2.05, 4.69) is 10.3 Å². The van der Waals surface area contributed by atoms with Crippen LogP contribution in [0, 0.1) is 6.92 Å². The summed E-state index contributed by atoms with van der Waals surface area (Å²) in [5.74, 6) is 2.22. The second kappa shape index (κ2) is 9.21. The van der Waals surface area contributed by atoms with Crippen LogP contribution in [0.15, 0.2) is 36.4 Å². The minimum atomic E-state index is -0.338. The van der Waals surface area contributed by atoms with E-state index >= 15 is 0 Å². The maximum atomic E-state index is 12.5. The zero-order valence-electron chi connectivity index (χ0n) is 17.6. The quantitative estimate of drug-likeness (QED) is 0.605. The number of methoxy groups -OCH3 is 4. The van der Waals surface area contributed by atoms with Crippen molar-refractivity contribution >= 4 is 22.5 Å². The minimum absolute atomic E-state index is 0.188. The third kappa shape index (κ3) is 4.48. The lowest BCUT2D eigenvalue weighted by Gasteiger charge is -2.15. The van der Waals surface area contributed by atoms with Crippen molar-refractivity contribution in [3.63, 3.8) is 0 Å². The van der Waals surface area contributed by atoms with Gasteiger partial charge in [0.15, 0.2) is 18.1 Å². The van der Waals surface area contributed by atoms with Crippen LogP contribution in [-0.4, -0.2) is 45.9 Å². The monoisotopic (exact) mass is 412 g/mol. The van der Waals surface area contributed by atoms with Crippen LogP contribution in [0.2, 0.25) is 0 Å². The molecule has 0 spiro atoms. The molecule has 0 aliphatic rings. The number of hydrogen-bond donors (Lipinski definition) is 1. The van der Waals surface area contributed by atoms with Crippen LogP contribution in [0.5, 0.6) is 28.7 Å². The summed E-state index contributed by atoms with van der Waals surface area (Å²) in [6, 6.07) is 10.6. The topological polar surface area (TPSA) is 88.1 Å². The predicted octanol–water partition coefficient (Wildman–Crippen LogP) is 3.60. The molecule has 1 amide bonds. The molecule has 1 aromatic heterocycles. The van der Waals surface area contributed by atoms with E-state index in [1.54, 1.807) is 25.3 Å². The lowest BCUT2D eigenvalue weighted by molar-refractivity contribution is -0.118. The van der Waals surface area contributed by atoms with Gasteiger partial charge in [-0.25, -0.2) is 0 Å². The Hall–Kier alpha value is -3.68. The maximum Gasteiger partial charge on any atom is 0.262 e. The van der Waals surface area contributed by atoms with E-state index in [-0.39, 0.29) is 12.5 Å². The molecule has 0 aliphatic heterocycles. The van der Waals surface area contributed by atoms with E-state index in [9.17, 15) is 4.79 Å². The number of rotatable bonds is 8. The van der Waals surface area contributed by atoms with Gasteiger partial charge in [-0.05, 0) is 25.1 Å². The Labute approximate surface area is 174 Å². The fraction of sp³-hybridized carbons (Fsp3) is 0.273. The van der Waals surface area contributed by atoms with Crippen molar-refractivity contribution in [1.82, 2.24) is 4.98 Å². The fourth-order valence-electron chi connectivity index (χ4n) is 3.04. The first-order valence-electron chi connectivity index (χ1n) is 9.17. The van der Waals surface area contributed by atoms with Gasteiger partial charge in [0.2, 0.25) is 5.75 Å². The highest BCUT2D eigenvalue weighted by Gasteiger charge is 2.15. The number of anilines is 1. The normalized spacial score (nSPS) is 10.4. The number of benzene rings is 2. The first kappa shape index (κ1) is 21.0. The number of carbonyl (C=O) groups is 1. The van der Waals surface area contributed by atoms with Crippen LogP contribution in [0.25, 0.3) is 10.9 Å². The Balaban J connectivity index is 1.78. The van der Waals surface area contributed by atoms with Crippen LogP contribution >= 0.6 is 0 Å². The lowest BCUT2D eigenvalue weighted by Crippen LogP contribution is -2.20. The second-order valence-electron chi connectivity index (χ2n) is 6.40. The van der Waals surface area contributed by atoms with Crippen LogP contribution in [-0.2, 0) is 4.79 Å². The zero-order valence-corrected chi connectivity index (χ0v) is 17.6. The van der Waals surface area contributed by atoms with E-state index < -0.39 is 0 Å². The first-order chi connectivity index (χ1) is 14.5. The Morgan fingerprint density at radius 1 is 0.900 bits per heavy atom. The van der Waals surface area contributed by atoms with Crippen molar-refractivity contribution in [2.45, 2.75) is 6.92 Å². The molecule has 30 heavy (non-hydrogen) atoms. The maximum absolute atomic E-state index is 12.5. The summed E-state index contributed by atoms with van der Waals surface area (Å²) < 4.78 is 27.0. The number of nitrogens with zero attached hydrogens (tertiary/aromatic N) is 1. The predicted molar refractivity (Wildman–Crippen MR) is 113 cm³/mol. The Bertz CT molecular complexity index is 1040. The number of pyridine rings is 1. The summed E-state index contributed by atoms with van der Waals surface area (Å²) in [7, 11) is 6.13. The first-order valence-corrected chi connectivity index (χ1v) is 9.17. The Morgan fingerprint density at radius 2 is 1.60 bits per heavy atom. The van der Waals surface area contributed by atoms with E-state index in [0.29, 0.717) is 34.4 Å². The van der Waals surface area contributed by atoms with Crippen molar-refractivity contribution in [3.8, 4) is 28.7 Å². The number of aryl methyl sites for hydroxylation is 1. The average molecular weight is 412 g/mol. The summed E-state index contributed by atoms with van der Waals surface area (Å²) in [5, 5.41) is 3.54. The van der Waals surface area contributed by atoms with Crippen LogP contribution in [0.1, 0.15) is 5.69 Å². The SMILES string of the molecule is COc1ccc2nc(C)cc(OCC(=O)Nc3cc(OC)c(OC)c(OC)c3)c2c1. The van der Waals surface area contributed by atoms with Gasteiger partial charge in [0.25, 0.3) is 5.91 Å². The summed E-state index contributed by atoms with van der Waals surface area (Å²) in [6.07, 6.45) is 0. The average Bonchev–Trinajstić information content (AvgIpc) is 2.76. The second-order valence-corrected chi connectivity index (χ2v) is 6.40. The van der Waals surface area contributed by atoms with Gasteiger partial charge in [-0.2, -0.15) is 0 Å². The highest BCUT2D eigenvalue weighted by molar-refractivity contribution is 5.93. The molecule has 1 heterocycles. The molecule has 8 nitrogen and oxygen atoms in total. The van der Waals surface area contributed by atoms with Gasteiger partial charge in [-0.15, -0.1) is 0 Å². The molecule has 1 N–H and O–H groups in total. The summed E-state index contributed by atoms with van der Waals surface area (Å²) in [4.78, 5) is 17.0. The molecule has 3 aromatic rings. The summed E-state index contributed by atoms with van der Waals surface area (Å²) in [5.41, 5.74) is 2.04. The van der Waals surface area contributed by atoms with E-state index in [1.807, 2.05) is 25.1 Å². The smallest absolute Gasteiger partial charge is 0.262 e. The van der Waals surface area contributed by atoms with Gasteiger partial charge in [0, 0.05) is 35.0 Å². The number of aromatic nitrogens is 1. The highest BCUT2D eigenvalue weighted by atomic mass is 16.5. The number of hydrogen-bond acceptors (Lipinski definition) is 7. The van der Waals surface area contributed by atoms with Gasteiger partial charge in [0.1, 0.15) is 11.5 Å². The third-order valence-corrected chi connectivity index (χ3v) is 4.41. The third-order valence-electron chi connectivity index (χ3n) is 4.41. The molecule has 8 heteroatoms. The molecular formula is C22H24N2O6. The zero-order chi connectivity index (χ0) is 21.7. The lowest BCUT2D eigenvalue weighted by atomic mass is 10.1. The molecule has 0 unspecified atom stereocenters.